The standard InChI is InChI=1S/C12H12ClF3N2O/c1-6(13)12-17-8-3-7(14)10(19-2)4-9(8)18(12)5-11(15)16/h3-4,6,11H,5H2,1-2H3. The quantitative estimate of drug-likeness (QED) is 0.803. The van der Waals surface area contributed by atoms with Gasteiger partial charge in [-0.1, -0.05) is 0 Å². The van der Waals surface area contributed by atoms with Gasteiger partial charge in [-0.2, -0.15) is 0 Å². The van der Waals surface area contributed by atoms with Crippen LogP contribution in [0.25, 0.3) is 11.0 Å². The summed E-state index contributed by atoms with van der Waals surface area (Å²) < 4.78 is 45.0. The molecule has 104 valence electrons. The van der Waals surface area contributed by atoms with Crippen molar-refractivity contribution in [2.45, 2.75) is 25.3 Å². The second-order valence-electron chi connectivity index (χ2n) is 4.06. The minimum atomic E-state index is -2.55. The lowest BCUT2D eigenvalue weighted by molar-refractivity contribution is 0.127. The summed E-state index contributed by atoms with van der Waals surface area (Å²) in [4.78, 5) is 4.10. The number of nitrogens with zero attached hydrogens (tertiary/aromatic N) is 2. The van der Waals surface area contributed by atoms with Crippen LogP contribution in [0.15, 0.2) is 12.1 Å². The Morgan fingerprint density at radius 3 is 2.63 bits per heavy atom. The molecule has 0 bridgehead atoms. The Bertz CT molecular complexity index is 598. The van der Waals surface area contributed by atoms with Gasteiger partial charge in [-0.15, -0.1) is 11.6 Å². The first-order chi connectivity index (χ1) is 8.93. The molecule has 1 aromatic heterocycles. The molecular formula is C12H12ClF3N2O. The molecule has 2 rings (SSSR count). The number of aromatic nitrogens is 2. The highest BCUT2D eigenvalue weighted by molar-refractivity contribution is 6.20. The third kappa shape index (κ3) is 2.63. The van der Waals surface area contributed by atoms with E-state index in [1.54, 1.807) is 6.92 Å². The van der Waals surface area contributed by atoms with E-state index in [0.29, 0.717) is 5.52 Å². The minimum Gasteiger partial charge on any atom is -0.494 e. The first-order valence-electron chi connectivity index (χ1n) is 5.60. The van der Waals surface area contributed by atoms with E-state index in [-0.39, 0.29) is 17.1 Å². The van der Waals surface area contributed by atoms with E-state index in [1.807, 2.05) is 0 Å². The molecule has 0 aliphatic heterocycles. The fourth-order valence-corrected chi connectivity index (χ4v) is 2.10. The van der Waals surface area contributed by atoms with E-state index in [0.717, 1.165) is 6.07 Å². The molecular weight excluding hydrogens is 281 g/mol. The SMILES string of the molecule is COc1cc2c(cc1F)nc(C(C)Cl)n2CC(F)F. The van der Waals surface area contributed by atoms with Crippen LogP contribution in [0.2, 0.25) is 0 Å². The number of benzene rings is 1. The Hall–Kier alpha value is -1.43. The summed E-state index contributed by atoms with van der Waals surface area (Å²) >= 11 is 5.92. The molecule has 0 saturated carbocycles. The largest absolute Gasteiger partial charge is 0.494 e. The van der Waals surface area contributed by atoms with Crippen LogP contribution in [0.4, 0.5) is 13.2 Å². The highest BCUT2D eigenvalue weighted by Gasteiger charge is 2.19. The average molecular weight is 293 g/mol. The van der Waals surface area contributed by atoms with Gasteiger partial charge in [0.25, 0.3) is 6.43 Å². The zero-order chi connectivity index (χ0) is 14.2. The zero-order valence-corrected chi connectivity index (χ0v) is 11.1. The third-order valence-corrected chi connectivity index (χ3v) is 2.92. The van der Waals surface area contributed by atoms with E-state index in [4.69, 9.17) is 16.3 Å². The van der Waals surface area contributed by atoms with Crippen molar-refractivity contribution in [3.05, 3.63) is 23.8 Å². The van der Waals surface area contributed by atoms with Crippen molar-refractivity contribution in [2.75, 3.05) is 7.11 Å². The maximum atomic E-state index is 13.6. The van der Waals surface area contributed by atoms with Crippen LogP contribution < -0.4 is 4.74 Å². The lowest BCUT2D eigenvalue weighted by Crippen LogP contribution is -2.10. The average Bonchev–Trinajstić information content (AvgIpc) is 2.65. The number of fused-ring (bicyclic) bond motifs is 1. The molecule has 0 amide bonds. The van der Waals surface area contributed by atoms with Gasteiger partial charge in [0.15, 0.2) is 11.6 Å². The third-order valence-electron chi connectivity index (χ3n) is 2.73. The number of methoxy groups -OCH3 is 1. The van der Waals surface area contributed by atoms with Crippen LogP contribution in [-0.4, -0.2) is 23.1 Å². The smallest absolute Gasteiger partial charge is 0.256 e. The Kier molecular flexibility index (Phi) is 3.89. The number of rotatable bonds is 4. The van der Waals surface area contributed by atoms with Crippen LogP contribution in [0, 0.1) is 5.82 Å². The van der Waals surface area contributed by atoms with Crippen molar-refractivity contribution in [3.63, 3.8) is 0 Å². The second kappa shape index (κ2) is 5.28. The van der Waals surface area contributed by atoms with Crippen molar-refractivity contribution in [3.8, 4) is 5.75 Å². The van der Waals surface area contributed by atoms with Crippen LogP contribution >= 0.6 is 11.6 Å². The first-order valence-corrected chi connectivity index (χ1v) is 6.03. The van der Waals surface area contributed by atoms with Gasteiger partial charge in [0.2, 0.25) is 0 Å². The van der Waals surface area contributed by atoms with Gasteiger partial charge in [0.05, 0.1) is 30.1 Å². The molecule has 1 aromatic carbocycles. The molecule has 0 fully saturated rings. The lowest BCUT2D eigenvalue weighted by atomic mass is 10.3. The molecule has 1 atom stereocenters. The molecule has 0 aliphatic carbocycles. The van der Waals surface area contributed by atoms with Crippen molar-refractivity contribution in [2.24, 2.45) is 0 Å². The molecule has 19 heavy (non-hydrogen) atoms. The molecule has 2 aromatic rings. The van der Waals surface area contributed by atoms with Crippen molar-refractivity contribution in [1.29, 1.82) is 0 Å². The highest BCUT2D eigenvalue weighted by Crippen LogP contribution is 2.29. The number of ether oxygens (including phenoxy) is 1. The van der Waals surface area contributed by atoms with Gasteiger partial charge in [0, 0.05) is 12.1 Å². The summed E-state index contributed by atoms with van der Waals surface area (Å²) in [5, 5.41) is -0.555. The van der Waals surface area contributed by atoms with Gasteiger partial charge in [-0.05, 0) is 6.92 Å². The van der Waals surface area contributed by atoms with Crippen LogP contribution in [0.1, 0.15) is 18.1 Å². The predicted molar refractivity (Wildman–Crippen MR) is 66.5 cm³/mol. The topological polar surface area (TPSA) is 27.1 Å². The maximum absolute atomic E-state index is 13.6. The first kappa shape index (κ1) is 14.0. The van der Waals surface area contributed by atoms with Crippen LogP contribution in [0.3, 0.4) is 0 Å². The Morgan fingerprint density at radius 1 is 1.42 bits per heavy atom. The van der Waals surface area contributed by atoms with E-state index in [2.05, 4.69) is 4.98 Å². The van der Waals surface area contributed by atoms with E-state index >= 15 is 0 Å². The van der Waals surface area contributed by atoms with E-state index < -0.39 is 24.2 Å². The zero-order valence-electron chi connectivity index (χ0n) is 10.3. The van der Waals surface area contributed by atoms with Gasteiger partial charge in [-0.3, -0.25) is 0 Å². The monoisotopic (exact) mass is 292 g/mol. The maximum Gasteiger partial charge on any atom is 0.256 e. The molecule has 0 aliphatic rings. The number of halogens is 4. The van der Waals surface area contributed by atoms with Gasteiger partial charge in [-0.25, -0.2) is 18.2 Å². The summed E-state index contributed by atoms with van der Waals surface area (Å²) in [5.41, 5.74) is 0.655. The van der Waals surface area contributed by atoms with E-state index in [1.165, 1.54) is 17.7 Å². The lowest BCUT2D eigenvalue weighted by Gasteiger charge is -2.10. The Labute approximate surface area is 112 Å². The number of hydrogen-bond acceptors (Lipinski definition) is 2. The molecule has 7 heteroatoms. The van der Waals surface area contributed by atoms with Crippen LogP contribution in [-0.2, 0) is 6.54 Å². The van der Waals surface area contributed by atoms with Gasteiger partial charge >= 0.3 is 0 Å². The molecule has 1 heterocycles. The summed E-state index contributed by atoms with van der Waals surface area (Å²) in [6, 6.07) is 2.50. The van der Waals surface area contributed by atoms with Crippen molar-refractivity contribution < 1.29 is 17.9 Å². The number of imidazole rings is 1. The fraction of sp³-hybridized carbons (Fsp3) is 0.417. The Morgan fingerprint density at radius 2 is 2.11 bits per heavy atom. The normalized spacial score (nSPS) is 13.2. The predicted octanol–water partition coefficient (Wildman–Crippen LogP) is 3.75. The molecule has 0 radical (unpaired) electrons. The molecule has 3 nitrogen and oxygen atoms in total. The summed E-state index contributed by atoms with van der Waals surface area (Å²) in [7, 11) is 1.31. The van der Waals surface area contributed by atoms with Gasteiger partial charge < -0.3 is 9.30 Å². The molecule has 0 saturated heterocycles. The van der Waals surface area contributed by atoms with E-state index in [9.17, 15) is 13.2 Å². The van der Waals surface area contributed by atoms with Crippen LogP contribution in [0.5, 0.6) is 5.75 Å². The second-order valence-corrected chi connectivity index (χ2v) is 4.72. The summed E-state index contributed by atoms with van der Waals surface area (Å²) in [5.74, 6) is -0.327. The number of hydrogen-bond donors (Lipinski definition) is 0. The molecule has 0 spiro atoms. The molecule has 1 unspecified atom stereocenters. The fourth-order valence-electron chi connectivity index (χ4n) is 1.94. The minimum absolute atomic E-state index is 0.0170. The molecule has 0 N–H and O–H groups in total. The number of alkyl halides is 3. The summed E-state index contributed by atoms with van der Waals surface area (Å²) in [6.07, 6.45) is -2.55. The highest BCUT2D eigenvalue weighted by atomic mass is 35.5. The van der Waals surface area contributed by atoms with Crippen molar-refractivity contribution >= 4 is 22.6 Å². The Balaban J connectivity index is 2.68. The summed E-state index contributed by atoms with van der Waals surface area (Å²) in [6.45, 7) is 1.08. The van der Waals surface area contributed by atoms with Crippen molar-refractivity contribution in [1.82, 2.24) is 9.55 Å². The van der Waals surface area contributed by atoms with Gasteiger partial charge in [0.1, 0.15) is 5.82 Å².